The molecule has 0 spiro atoms. The van der Waals surface area contributed by atoms with Gasteiger partial charge in [-0.3, -0.25) is 24.2 Å². The van der Waals surface area contributed by atoms with Crippen LogP contribution in [-0.2, 0) is 45.3 Å². The number of aryl methyl sites for hydroxylation is 3. The maximum atomic E-state index is 13.8. The van der Waals surface area contributed by atoms with Crippen molar-refractivity contribution in [1.29, 1.82) is 0 Å². The summed E-state index contributed by atoms with van der Waals surface area (Å²) in [4.78, 5) is 80.3. The third kappa shape index (κ3) is 8.55. The summed E-state index contributed by atoms with van der Waals surface area (Å²) in [6.07, 6.45) is 7.14. The Bertz CT molecular complexity index is 2610. The highest BCUT2D eigenvalue weighted by Crippen LogP contribution is 2.52. The van der Waals surface area contributed by atoms with Gasteiger partial charge in [-0.2, -0.15) is 0 Å². The Kier molecular flexibility index (Phi) is 12.9. The fourth-order valence-corrected chi connectivity index (χ4v) is 8.52. The van der Waals surface area contributed by atoms with Crippen molar-refractivity contribution in [3.63, 3.8) is 0 Å². The van der Waals surface area contributed by atoms with Crippen LogP contribution in [0.4, 0.5) is 0 Å². The second-order valence-electron chi connectivity index (χ2n) is 15.7. The molecule has 3 aromatic heterocycles. The molecule has 1 amide bonds. The lowest BCUT2D eigenvalue weighted by Crippen LogP contribution is -2.42. The number of carbonyl (C=O) groups excluding carboxylic acids is 3. The molecule has 0 fully saturated rings. The SMILES string of the molecule is C=Cc1c(C)c2cc3nc(cc4[nH]c(cc5nc(cc1[nH]2)C(C)=C5CCC(=O)NCCCC[C@H](N)C(=O)O)c(CCC(=O)O)c4C)[C@@]1(C)C3=CC=C(C(=O)OC)[C@H]1C(=O)OC. The maximum absolute atomic E-state index is 13.8. The van der Waals surface area contributed by atoms with Gasteiger partial charge in [-0.1, -0.05) is 24.8 Å². The minimum atomic E-state index is -1.21. The van der Waals surface area contributed by atoms with E-state index in [4.69, 9.17) is 30.3 Å². The van der Waals surface area contributed by atoms with E-state index in [0.717, 1.165) is 44.4 Å². The van der Waals surface area contributed by atoms with E-state index >= 15 is 0 Å². The van der Waals surface area contributed by atoms with Crippen LogP contribution in [0.3, 0.4) is 0 Å². The number of carboxylic acids is 2. The number of hydrogen-bond acceptors (Lipinski definition) is 10. The number of carbonyl (C=O) groups is 5. The number of allylic oxidation sites excluding steroid dienone is 5. The van der Waals surface area contributed by atoms with Gasteiger partial charge in [-0.25, -0.2) is 9.78 Å². The van der Waals surface area contributed by atoms with Crippen LogP contribution in [0.1, 0.15) is 97.4 Å². The number of fused-ring (bicyclic) bond motifs is 11. The summed E-state index contributed by atoms with van der Waals surface area (Å²) < 4.78 is 10.4. The van der Waals surface area contributed by atoms with Gasteiger partial charge in [0.1, 0.15) is 12.0 Å². The van der Waals surface area contributed by atoms with Crippen molar-refractivity contribution in [3.05, 3.63) is 93.6 Å². The van der Waals surface area contributed by atoms with Crippen molar-refractivity contribution in [1.82, 2.24) is 25.3 Å². The standard InChI is InChI=1S/C46H52N6O9/c1-8-26-23(2)33-20-38-30-15-12-29(44(58)60-6)42(45(59)61-7)46(30,5)39(52-38)22-34-25(4)28(14-17-41(54)55)37(51-34)21-36-27(24(3)32(50-36)19-35(26)49-33)13-16-40(53)48-18-10-9-11-31(47)43(56)57/h8,12,15,19-22,31,42,49,51H,1,9-11,13-14,16-18,47H2,2-7H3,(H,48,53)(H,54,55)(H,56,57)/t31-,42-,46+/m0/s1. The first-order chi connectivity index (χ1) is 29.0. The zero-order valence-electron chi connectivity index (χ0n) is 35.3. The van der Waals surface area contributed by atoms with E-state index in [2.05, 4.69) is 21.9 Å². The number of hydrogen-bond donors (Lipinski definition) is 6. The van der Waals surface area contributed by atoms with Gasteiger partial charge in [0.15, 0.2) is 0 Å². The number of rotatable bonds is 15. The molecule has 0 saturated heterocycles. The Labute approximate surface area is 352 Å². The Morgan fingerprint density at radius 3 is 2.25 bits per heavy atom. The summed E-state index contributed by atoms with van der Waals surface area (Å²) in [5.74, 6) is -4.63. The summed E-state index contributed by atoms with van der Waals surface area (Å²) in [5.41, 5.74) is 15.1. The van der Waals surface area contributed by atoms with Gasteiger partial charge in [-0.05, 0) is 117 Å². The van der Waals surface area contributed by atoms with Gasteiger partial charge in [-0.15, -0.1) is 0 Å². The molecule has 15 heteroatoms. The van der Waals surface area contributed by atoms with Gasteiger partial charge < -0.3 is 40.7 Å². The molecule has 0 unspecified atom stereocenters. The van der Waals surface area contributed by atoms with E-state index in [1.54, 1.807) is 18.2 Å². The second-order valence-corrected chi connectivity index (χ2v) is 15.7. The molecule has 320 valence electrons. The number of nitrogens with one attached hydrogen (secondary N) is 3. The first kappa shape index (κ1) is 44.0. The fourth-order valence-electron chi connectivity index (χ4n) is 8.52. The number of amides is 1. The number of nitrogens with zero attached hydrogens (tertiary/aromatic N) is 2. The van der Waals surface area contributed by atoms with Crippen LogP contribution in [-0.4, -0.2) is 86.7 Å². The molecule has 0 radical (unpaired) electrons. The molecule has 8 bridgehead atoms. The van der Waals surface area contributed by atoms with E-state index in [9.17, 15) is 29.1 Å². The van der Waals surface area contributed by atoms with Crippen LogP contribution in [0.2, 0.25) is 0 Å². The lowest BCUT2D eigenvalue weighted by Gasteiger charge is -2.36. The van der Waals surface area contributed by atoms with Crippen LogP contribution in [0.15, 0.2) is 48.6 Å². The van der Waals surface area contributed by atoms with Crippen molar-refractivity contribution in [3.8, 4) is 0 Å². The average molecular weight is 833 g/mol. The second kappa shape index (κ2) is 17.9. The molecular weight excluding hydrogens is 781 g/mol. The van der Waals surface area contributed by atoms with Gasteiger partial charge in [0.25, 0.3) is 0 Å². The summed E-state index contributed by atoms with van der Waals surface area (Å²) in [6, 6.07) is 6.61. The van der Waals surface area contributed by atoms with Gasteiger partial charge in [0.2, 0.25) is 5.91 Å². The van der Waals surface area contributed by atoms with Crippen LogP contribution >= 0.6 is 0 Å². The summed E-state index contributed by atoms with van der Waals surface area (Å²) in [7, 11) is 2.52. The van der Waals surface area contributed by atoms with E-state index in [0.29, 0.717) is 71.6 Å². The van der Waals surface area contributed by atoms with E-state index in [-0.39, 0.29) is 30.7 Å². The number of esters is 2. The van der Waals surface area contributed by atoms with Crippen LogP contribution in [0.25, 0.3) is 44.9 Å². The molecule has 0 aromatic carbocycles. The average Bonchev–Trinajstić information content (AvgIpc) is 3.88. The van der Waals surface area contributed by atoms with Crippen molar-refractivity contribution in [2.75, 3.05) is 20.8 Å². The number of aliphatic carboxylic acids is 2. The summed E-state index contributed by atoms with van der Waals surface area (Å²) >= 11 is 0. The molecule has 3 aliphatic rings. The topological polar surface area (TPSA) is 240 Å². The van der Waals surface area contributed by atoms with Crippen LogP contribution in [0, 0.1) is 19.8 Å². The van der Waals surface area contributed by atoms with Crippen molar-refractivity contribution < 1.29 is 43.7 Å². The predicted molar refractivity (Wildman–Crippen MR) is 232 cm³/mol. The van der Waals surface area contributed by atoms with Crippen molar-refractivity contribution >= 4 is 74.6 Å². The number of H-pyrrole nitrogens is 2. The Morgan fingerprint density at radius 1 is 0.885 bits per heavy atom. The van der Waals surface area contributed by atoms with Gasteiger partial charge >= 0.3 is 23.9 Å². The first-order valence-corrected chi connectivity index (χ1v) is 20.2. The molecule has 6 rings (SSSR count). The van der Waals surface area contributed by atoms with Crippen LogP contribution < -0.4 is 11.1 Å². The van der Waals surface area contributed by atoms with E-state index in [1.807, 2.05) is 52.0 Å². The number of unbranched alkanes of at least 4 members (excludes halogenated alkanes) is 1. The largest absolute Gasteiger partial charge is 0.481 e. The Balaban J connectivity index is 1.56. The molecule has 5 heterocycles. The molecule has 2 aliphatic heterocycles. The maximum Gasteiger partial charge on any atom is 0.334 e. The highest BCUT2D eigenvalue weighted by atomic mass is 16.5. The molecule has 15 nitrogen and oxygen atoms in total. The van der Waals surface area contributed by atoms with Crippen molar-refractivity contribution in [2.24, 2.45) is 11.7 Å². The highest BCUT2D eigenvalue weighted by Gasteiger charge is 2.53. The minimum Gasteiger partial charge on any atom is -0.481 e. The van der Waals surface area contributed by atoms with E-state index in [1.165, 1.54) is 14.2 Å². The summed E-state index contributed by atoms with van der Waals surface area (Å²) in [5, 5.41) is 21.7. The van der Waals surface area contributed by atoms with Gasteiger partial charge in [0, 0.05) is 47.0 Å². The third-order valence-corrected chi connectivity index (χ3v) is 12.1. The zero-order valence-corrected chi connectivity index (χ0v) is 35.3. The lowest BCUT2D eigenvalue weighted by molar-refractivity contribution is -0.149. The lowest BCUT2D eigenvalue weighted by atomic mass is 9.64. The van der Waals surface area contributed by atoms with Gasteiger partial charge in [0.05, 0.1) is 48.0 Å². The number of ether oxygens (including phenoxy) is 2. The smallest absolute Gasteiger partial charge is 0.334 e. The minimum absolute atomic E-state index is 0.116. The quantitative estimate of drug-likeness (QED) is 0.0737. The number of aromatic amines is 2. The predicted octanol–water partition coefficient (Wildman–Crippen LogP) is 6.24. The Hall–Kier alpha value is -6.61. The fraction of sp³-hybridized carbons (Fsp3) is 0.370. The molecule has 61 heavy (non-hydrogen) atoms. The van der Waals surface area contributed by atoms with Crippen molar-refractivity contribution in [2.45, 2.75) is 84.1 Å². The molecular formula is C46H52N6O9. The third-order valence-electron chi connectivity index (χ3n) is 12.1. The van der Waals surface area contributed by atoms with E-state index < -0.39 is 41.3 Å². The molecule has 7 N–H and O–H groups in total. The first-order valence-electron chi connectivity index (χ1n) is 20.2. The highest BCUT2D eigenvalue weighted by molar-refractivity contribution is 6.02. The zero-order chi connectivity index (χ0) is 44.3. The molecule has 3 aromatic rings. The van der Waals surface area contributed by atoms with Crippen LogP contribution in [0.5, 0.6) is 0 Å². The number of nitrogens with two attached hydrogens (primary N) is 1. The Morgan fingerprint density at radius 2 is 1.57 bits per heavy atom. The molecule has 1 aliphatic carbocycles. The number of methoxy groups -OCH3 is 2. The number of aromatic nitrogens is 4. The normalized spacial score (nSPS) is 17.5. The monoisotopic (exact) mass is 832 g/mol. The summed E-state index contributed by atoms with van der Waals surface area (Å²) in [6.45, 7) is 12.1. The number of carboxylic acid groups (broad SMARTS) is 2. The molecule has 3 atom stereocenters. The molecule has 0 saturated carbocycles.